The largest absolute Gasteiger partial charge is 0.390 e. The van der Waals surface area contributed by atoms with E-state index in [-0.39, 0.29) is 0 Å². The number of anilines is 1. The summed E-state index contributed by atoms with van der Waals surface area (Å²) in [5, 5.41) is 13.4. The van der Waals surface area contributed by atoms with Gasteiger partial charge in [-0.2, -0.15) is 0 Å². The number of para-hydroxylation sites is 1. The van der Waals surface area contributed by atoms with E-state index in [0.29, 0.717) is 0 Å². The van der Waals surface area contributed by atoms with Gasteiger partial charge in [0.05, 0.1) is 5.60 Å². The first-order chi connectivity index (χ1) is 8.62. The highest BCUT2D eigenvalue weighted by molar-refractivity contribution is 5.53. The number of hydrogen-bond acceptors (Lipinski definition) is 3. The van der Waals surface area contributed by atoms with E-state index >= 15 is 0 Å². The Morgan fingerprint density at radius 3 is 2.83 bits per heavy atom. The first-order valence-electron chi connectivity index (χ1n) is 6.82. The summed E-state index contributed by atoms with van der Waals surface area (Å²) in [6.45, 7) is 4.82. The van der Waals surface area contributed by atoms with Gasteiger partial charge in [0.15, 0.2) is 0 Å². The average molecular weight is 248 g/mol. The third-order valence-corrected chi connectivity index (χ3v) is 3.76. The van der Waals surface area contributed by atoms with E-state index in [0.717, 1.165) is 38.9 Å². The Kier molecular flexibility index (Phi) is 4.25. The Bertz CT molecular complexity index is 390. The molecule has 3 nitrogen and oxygen atoms in total. The highest BCUT2D eigenvalue weighted by atomic mass is 16.3. The second-order valence-electron chi connectivity index (χ2n) is 5.50. The first-order valence-corrected chi connectivity index (χ1v) is 6.82. The number of hydrogen-bond donors (Lipinski definition) is 2. The number of aliphatic hydroxyl groups is 1. The molecule has 3 heteroatoms. The molecule has 0 aliphatic carbocycles. The minimum atomic E-state index is -0.493. The molecule has 2 N–H and O–H groups in total. The summed E-state index contributed by atoms with van der Waals surface area (Å²) < 4.78 is 0. The molecule has 2 rings (SSSR count). The quantitative estimate of drug-likeness (QED) is 0.860. The zero-order valence-electron chi connectivity index (χ0n) is 11.4. The number of rotatable bonds is 3. The Hall–Kier alpha value is -1.06. The highest BCUT2D eigenvalue weighted by Gasteiger charge is 2.25. The predicted octanol–water partition coefficient (Wildman–Crippen LogP) is 2.15. The summed E-state index contributed by atoms with van der Waals surface area (Å²) >= 11 is 0. The smallest absolute Gasteiger partial charge is 0.0637 e. The van der Waals surface area contributed by atoms with Crippen molar-refractivity contribution >= 4 is 5.69 Å². The van der Waals surface area contributed by atoms with Crippen molar-refractivity contribution in [1.82, 2.24) is 5.32 Å². The minimum Gasteiger partial charge on any atom is -0.390 e. The fourth-order valence-corrected chi connectivity index (χ4v) is 2.66. The molecule has 1 unspecified atom stereocenters. The van der Waals surface area contributed by atoms with Crippen LogP contribution >= 0.6 is 0 Å². The van der Waals surface area contributed by atoms with E-state index in [4.69, 9.17) is 0 Å². The summed E-state index contributed by atoms with van der Waals surface area (Å²) in [7, 11) is 1.98. The molecule has 0 spiro atoms. The summed E-state index contributed by atoms with van der Waals surface area (Å²) in [6, 6.07) is 8.54. The van der Waals surface area contributed by atoms with Crippen LogP contribution in [-0.2, 0) is 6.54 Å². The third kappa shape index (κ3) is 3.24. The Morgan fingerprint density at radius 2 is 2.06 bits per heavy atom. The summed E-state index contributed by atoms with van der Waals surface area (Å²) in [5.74, 6) is 0. The highest BCUT2D eigenvalue weighted by Crippen LogP contribution is 2.27. The van der Waals surface area contributed by atoms with Gasteiger partial charge in [-0.25, -0.2) is 0 Å². The van der Waals surface area contributed by atoms with E-state index < -0.39 is 5.60 Å². The van der Waals surface area contributed by atoms with Gasteiger partial charge >= 0.3 is 0 Å². The van der Waals surface area contributed by atoms with Gasteiger partial charge in [-0.05, 0) is 44.9 Å². The van der Waals surface area contributed by atoms with Gasteiger partial charge in [-0.3, -0.25) is 0 Å². The van der Waals surface area contributed by atoms with Crippen LogP contribution in [0.25, 0.3) is 0 Å². The molecule has 0 bridgehead atoms. The third-order valence-electron chi connectivity index (χ3n) is 3.76. The zero-order valence-corrected chi connectivity index (χ0v) is 11.4. The summed E-state index contributed by atoms with van der Waals surface area (Å²) in [6.07, 6.45) is 2.81. The van der Waals surface area contributed by atoms with Crippen molar-refractivity contribution in [1.29, 1.82) is 0 Å². The molecule has 100 valence electrons. The molecular weight excluding hydrogens is 224 g/mol. The average Bonchev–Trinajstić information content (AvgIpc) is 2.52. The second kappa shape index (κ2) is 5.72. The number of nitrogens with zero attached hydrogens (tertiary/aromatic N) is 1. The van der Waals surface area contributed by atoms with Crippen LogP contribution in [0.4, 0.5) is 5.69 Å². The van der Waals surface area contributed by atoms with Crippen LogP contribution < -0.4 is 10.2 Å². The van der Waals surface area contributed by atoms with E-state index in [1.54, 1.807) is 0 Å². The van der Waals surface area contributed by atoms with Crippen molar-refractivity contribution in [3.8, 4) is 0 Å². The zero-order chi connectivity index (χ0) is 13.0. The van der Waals surface area contributed by atoms with Crippen molar-refractivity contribution in [2.45, 2.75) is 38.3 Å². The molecule has 1 fully saturated rings. The summed E-state index contributed by atoms with van der Waals surface area (Å²) in [5.41, 5.74) is 2.15. The maximum Gasteiger partial charge on any atom is 0.0637 e. The van der Waals surface area contributed by atoms with Crippen LogP contribution in [0.1, 0.15) is 31.7 Å². The Labute approximate surface area is 110 Å². The molecule has 1 aliphatic heterocycles. The molecule has 1 aliphatic rings. The van der Waals surface area contributed by atoms with Gasteiger partial charge in [0.1, 0.15) is 0 Å². The van der Waals surface area contributed by atoms with E-state index in [2.05, 4.69) is 34.5 Å². The fourth-order valence-electron chi connectivity index (χ4n) is 2.66. The topological polar surface area (TPSA) is 35.5 Å². The molecule has 1 heterocycles. The van der Waals surface area contributed by atoms with Crippen LogP contribution in [-0.4, -0.2) is 30.8 Å². The molecule has 1 aromatic carbocycles. The van der Waals surface area contributed by atoms with E-state index in [1.807, 2.05) is 14.0 Å². The summed E-state index contributed by atoms with van der Waals surface area (Å²) in [4.78, 5) is 2.41. The minimum absolute atomic E-state index is 0.493. The van der Waals surface area contributed by atoms with E-state index in [9.17, 15) is 5.11 Å². The number of benzene rings is 1. The van der Waals surface area contributed by atoms with Crippen LogP contribution in [0.2, 0.25) is 0 Å². The van der Waals surface area contributed by atoms with Crippen LogP contribution in [0.15, 0.2) is 24.3 Å². The predicted molar refractivity (Wildman–Crippen MR) is 75.9 cm³/mol. The lowest BCUT2D eigenvalue weighted by Crippen LogP contribution is -2.29. The lowest BCUT2D eigenvalue weighted by atomic mass is 9.98. The lowest BCUT2D eigenvalue weighted by Gasteiger charge is -2.26. The molecule has 0 amide bonds. The van der Waals surface area contributed by atoms with Crippen LogP contribution in [0, 0.1) is 0 Å². The second-order valence-corrected chi connectivity index (χ2v) is 5.50. The molecular formula is C15H24N2O. The normalized spacial score (nSPS) is 24.9. The van der Waals surface area contributed by atoms with Crippen molar-refractivity contribution in [2.24, 2.45) is 0 Å². The van der Waals surface area contributed by atoms with Crippen molar-refractivity contribution in [3.63, 3.8) is 0 Å². The van der Waals surface area contributed by atoms with Gasteiger partial charge in [-0.1, -0.05) is 18.2 Å². The monoisotopic (exact) mass is 248 g/mol. The van der Waals surface area contributed by atoms with Crippen molar-refractivity contribution < 1.29 is 5.11 Å². The lowest BCUT2D eigenvalue weighted by molar-refractivity contribution is 0.0481. The molecule has 1 saturated heterocycles. The molecule has 18 heavy (non-hydrogen) atoms. The number of nitrogens with one attached hydrogen (secondary N) is 1. The van der Waals surface area contributed by atoms with Crippen molar-refractivity contribution in [3.05, 3.63) is 29.8 Å². The van der Waals surface area contributed by atoms with Crippen LogP contribution in [0.5, 0.6) is 0 Å². The first kappa shape index (κ1) is 13.4. The van der Waals surface area contributed by atoms with Crippen molar-refractivity contribution in [2.75, 3.05) is 25.0 Å². The molecule has 0 saturated carbocycles. The fraction of sp³-hybridized carbons (Fsp3) is 0.600. The molecule has 0 aromatic heterocycles. The van der Waals surface area contributed by atoms with Gasteiger partial charge in [0.2, 0.25) is 0 Å². The van der Waals surface area contributed by atoms with Gasteiger partial charge < -0.3 is 15.3 Å². The maximum atomic E-state index is 10.2. The standard InChI is InChI=1S/C15H24N2O/c1-15(18)8-5-10-17(11-9-15)14-7-4-3-6-13(14)12-16-2/h3-4,6-7,16,18H,5,8-12H2,1-2H3. The van der Waals surface area contributed by atoms with Gasteiger partial charge in [0, 0.05) is 25.3 Å². The Balaban J connectivity index is 2.15. The molecule has 1 aromatic rings. The van der Waals surface area contributed by atoms with E-state index in [1.165, 1.54) is 11.3 Å². The SMILES string of the molecule is CNCc1ccccc1N1CCCC(C)(O)CC1. The van der Waals surface area contributed by atoms with Gasteiger partial charge in [0.25, 0.3) is 0 Å². The Morgan fingerprint density at radius 1 is 1.28 bits per heavy atom. The van der Waals surface area contributed by atoms with Gasteiger partial charge in [-0.15, -0.1) is 0 Å². The maximum absolute atomic E-state index is 10.2. The molecule has 1 atom stereocenters. The van der Waals surface area contributed by atoms with Crippen LogP contribution in [0.3, 0.4) is 0 Å². The molecule has 0 radical (unpaired) electrons.